The lowest BCUT2D eigenvalue weighted by atomic mass is 10.2. The van der Waals surface area contributed by atoms with Gasteiger partial charge in [-0.2, -0.15) is 8.78 Å². The highest BCUT2D eigenvalue weighted by molar-refractivity contribution is 5.28. The average Bonchev–Trinajstić information content (AvgIpc) is 2.08. The first-order chi connectivity index (χ1) is 6.99. The minimum Gasteiger partial charge on any atom is -0.435 e. The molecule has 7 heteroatoms. The Morgan fingerprint density at radius 2 is 2.13 bits per heavy atom. The second-order valence-electron chi connectivity index (χ2n) is 2.62. The van der Waals surface area contributed by atoms with Crippen molar-refractivity contribution in [3.63, 3.8) is 0 Å². The van der Waals surface area contributed by atoms with Gasteiger partial charge in [0.05, 0.1) is 5.56 Å². The number of benzene rings is 1. The highest BCUT2D eigenvalue weighted by atomic mass is 19.3. The van der Waals surface area contributed by atoms with Crippen molar-refractivity contribution in [1.82, 2.24) is 0 Å². The van der Waals surface area contributed by atoms with E-state index in [0.29, 0.717) is 6.07 Å². The van der Waals surface area contributed by atoms with Crippen LogP contribution >= 0.6 is 0 Å². The van der Waals surface area contributed by atoms with Gasteiger partial charge in [0, 0.05) is 11.0 Å². The molecule has 1 aromatic carbocycles. The zero-order chi connectivity index (χ0) is 11.4. The van der Waals surface area contributed by atoms with E-state index < -0.39 is 23.9 Å². The maximum Gasteiger partial charge on any atom is 0.387 e. The normalized spacial score (nSPS) is 10.4. The molecule has 1 rings (SSSR count). The van der Waals surface area contributed by atoms with Crippen LogP contribution in [0.5, 0.6) is 5.75 Å². The van der Waals surface area contributed by atoms with Crippen molar-refractivity contribution >= 4 is 0 Å². The number of alkyl halides is 2. The summed E-state index contributed by atoms with van der Waals surface area (Å²) in [7, 11) is 0. The lowest BCUT2D eigenvalue weighted by molar-refractivity contribution is -0.497. The van der Waals surface area contributed by atoms with Crippen LogP contribution in [0.1, 0.15) is 5.56 Å². The molecule has 0 fully saturated rings. The first-order valence-corrected chi connectivity index (χ1v) is 3.84. The van der Waals surface area contributed by atoms with Crippen LogP contribution in [0.15, 0.2) is 18.2 Å². The van der Waals surface area contributed by atoms with E-state index in [2.05, 4.69) is 4.74 Å². The molecule has 15 heavy (non-hydrogen) atoms. The molecule has 4 nitrogen and oxygen atoms in total. The molecule has 0 saturated heterocycles. The van der Waals surface area contributed by atoms with E-state index in [1.54, 1.807) is 0 Å². The predicted molar refractivity (Wildman–Crippen MR) is 43.7 cm³/mol. The van der Waals surface area contributed by atoms with Gasteiger partial charge in [-0.3, -0.25) is 10.1 Å². The topological polar surface area (TPSA) is 52.4 Å². The van der Waals surface area contributed by atoms with Crippen LogP contribution in [0, 0.1) is 15.9 Å². The zero-order valence-electron chi connectivity index (χ0n) is 7.32. The van der Waals surface area contributed by atoms with E-state index in [9.17, 15) is 23.3 Å². The maximum atomic E-state index is 13.0. The van der Waals surface area contributed by atoms with Crippen LogP contribution in [-0.2, 0) is 6.54 Å². The van der Waals surface area contributed by atoms with Crippen LogP contribution < -0.4 is 4.74 Å². The van der Waals surface area contributed by atoms with Crippen molar-refractivity contribution in [3.05, 3.63) is 39.7 Å². The Labute approximate surface area is 82.4 Å². The summed E-state index contributed by atoms with van der Waals surface area (Å²) in [5.74, 6) is -1.31. The fraction of sp³-hybridized carbons (Fsp3) is 0.250. The third kappa shape index (κ3) is 3.45. The first-order valence-electron chi connectivity index (χ1n) is 3.84. The van der Waals surface area contributed by atoms with Crippen LogP contribution in [0.2, 0.25) is 0 Å². The zero-order valence-corrected chi connectivity index (χ0v) is 7.32. The molecule has 0 N–H and O–H groups in total. The Kier molecular flexibility index (Phi) is 3.48. The number of hydrogen-bond acceptors (Lipinski definition) is 3. The number of halogens is 3. The van der Waals surface area contributed by atoms with Crippen LogP contribution in [0.25, 0.3) is 0 Å². The van der Waals surface area contributed by atoms with Gasteiger partial charge in [0.2, 0.25) is 6.54 Å². The number of rotatable bonds is 4. The Morgan fingerprint density at radius 1 is 1.47 bits per heavy atom. The average molecular weight is 221 g/mol. The standard InChI is InChI=1S/C8H6F3NO3/c9-7-3-6(15-8(10)11)2-1-5(7)4-12(13)14/h1-3,8H,4H2. The van der Waals surface area contributed by atoms with Gasteiger partial charge in [0.1, 0.15) is 11.6 Å². The largest absolute Gasteiger partial charge is 0.435 e. The number of ether oxygens (including phenoxy) is 1. The van der Waals surface area contributed by atoms with Gasteiger partial charge in [-0.1, -0.05) is 0 Å². The van der Waals surface area contributed by atoms with E-state index in [0.717, 1.165) is 12.1 Å². The third-order valence-electron chi connectivity index (χ3n) is 1.55. The lowest BCUT2D eigenvalue weighted by Gasteiger charge is -2.05. The second-order valence-corrected chi connectivity index (χ2v) is 2.62. The summed E-state index contributed by atoms with van der Waals surface area (Å²) in [5.41, 5.74) is -0.179. The molecule has 0 atom stereocenters. The molecule has 82 valence electrons. The third-order valence-corrected chi connectivity index (χ3v) is 1.55. The van der Waals surface area contributed by atoms with Crippen LogP contribution in [-0.4, -0.2) is 11.5 Å². The highest BCUT2D eigenvalue weighted by Gasteiger charge is 2.11. The fourth-order valence-electron chi connectivity index (χ4n) is 0.972. The van der Waals surface area contributed by atoms with Crippen molar-refractivity contribution < 1.29 is 22.8 Å². The summed E-state index contributed by atoms with van der Waals surface area (Å²) in [6.07, 6.45) is 0. The number of nitrogens with zero attached hydrogens (tertiary/aromatic N) is 1. The molecule has 0 aliphatic carbocycles. The molecule has 0 aliphatic rings. The van der Waals surface area contributed by atoms with E-state index in [-0.39, 0.29) is 11.3 Å². The summed E-state index contributed by atoms with van der Waals surface area (Å²) in [5, 5.41) is 10.1. The molecule has 1 aromatic rings. The van der Waals surface area contributed by atoms with Gasteiger partial charge >= 0.3 is 6.61 Å². The molecule has 0 spiro atoms. The van der Waals surface area contributed by atoms with Gasteiger partial charge in [-0.25, -0.2) is 4.39 Å². The number of nitro groups is 1. The van der Waals surface area contributed by atoms with Gasteiger partial charge in [0.15, 0.2) is 0 Å². The summed E-state index contributed by atoms with van der Waals surface area (Å²) in [6.45, 7) is -3.74. The van der Waals surface area contributed by atoms with Crippen molar-refractivity contribution in [2.24, 2.45) is 0 Å². The van der Waals surface area contributed by atoms with Crippen molar-refractivity contribution in [1.29, 1.82) is 0 Å². The lowest BCUT2D eigenvalue weighted by Crippen LogP contribution is -2.04. The van der Waals surface area contributed by atoms with E-state index in [1.807, 2.05) is 0 Å². The van der Waals surface area contributed by atoms with Crippen molar-refractivity contribution in [2.75, 3.05) is 0 Å². The Morgan fingerprint density at radius 3 is 2.60 bits per heavy atom. The minimum absolute atomic E-state index is 0.179. The molecule has 0 aliphatic heterocycles. The SMILES string of the molecule is O=[N+]([O-])Cc1ccc(OC(F)F)cc1F. The van der Waals surface area contributed by atoms with Crippen LogP contribution in [0.3, 0.4) is 0 Å². The van der Waals surface area contributed by atoms with Gasteiger partial charge in [-0.05, 0) is 12.1 Å². The summed E-state index contributed by atoms with van der Waals surface area (Å²) in [4.78, 5) is 9.36. The monoisotopic (exact) mass is 221 g/mol. The molecular formula is C8H6F3NO3. The van der Waals surface area contributed by atoms with Crippen LogP contribution in [0.4, 0.5) is 13.2 Å². The Balaban J connectivity index is 2.83. The van der Waals surface area contributed by atoms with Gasteiger partial charge < -0.3 is 4.74 Å². The smallest absolute Gasteiger partial charge is 0.387 e. The first kappa shape index (κ1) is 11.3. The fourth-order valence-corrected chi connectivity index (χ4v) is 0.972. The minimum atomic E-state index is -3.05. The van der Waals surface area contributed by atoms with E-state index in [4.69, 9.17) is 0 Å². The molecule has 0 bridgehead atoms. The molecule has 0 heterocycles. The van der Waals surface area contributed by atoms with Gasteiger partial charge in [-0.15, -0.1) is 0 Å². The summed E-state index contributed by atoms with van der Waals surface area (Å²) >= 11 is 0. The number of hydrogen-bond donors (Lipinski definition) is 0. The quantitative estimate of drug-likeness (QED) is 0.578. The van der Waals surface area contributed by atoms with E-state index >= 15 is 0 Å². The molecule has 0 aromatic heterocycles. The summed E-state index contributed by atoms with van der Waals surface area (Å²) < 4.78 is 40.4. The van der Waals surface area contributed by atoms with E-state index in [1.165, 1.54) is 0 Å². The van der Waals surface area contributed by atoms with Crippen molar-refractivity contribution in [3.8, 4) is 5.75 Å². The van der Waals surface area contributed by atoms with Crippen molar-refractivity contribution in [2.45, 2.75) is 13.2 Å². The maximum absolute atomic E-state index is 13.0. The molecule has 0 unspecified atom stereocenters. The summed E-state index contributed by atoms with van der Waals surface area (Å²) in [6, 6.07) is 2.77. The molecular weight excluding hydrogens is 215 g/mol. The molecule has 0 radical (unpaired) electrons. The van der Waals surface area contributed by atoms with Gasteiger partial charge in [0.25, 0.3) is 0 Å². The molecule has 0 amide bonds. The molecule has 0 saturated carbocycles. The Bertz CT molecular complexity index is 370. The Hall–Kier alpha value is -1.79. The second kappa shape index (κ2) is 4.63. The predicted octanol–water partition coefficient (Wildman–Crippen LogP) is 2.20. The highest BCUT2D eigenvalue weighted by Crippen LogP contribution is 2.18.